The van der Waals surface area contributed by atoms with Gasteiger partial charge in [0.2, 0.25) is 0 Å². The van der Waals surface area contributed by atoms with Gasteiger partial charge in [-0.1, -0.05) is 24.3 Å². The van der Waals surface area contributed by atoms with Crippen LogP contribution in [0.5, 0.6) is 0 Å². The maximum absolute atomic E-state index is 4.71. The van der Waals surface area contributed by atoms with Crippen LogP contribution in [-0.2, 0) is 0 Å². The van der Waals surface area contributed by atoms with Crippen LogP contribution >= 0.6 is 0 Å². The lowest BCUT2D eigenvalue weighted by atomic mass is 10.1. The van der Waals surface area contributed by atoms with Crippen LogP contribution in [0.4, 0.5) is 11.5 Å². The van der Waals surface area contributed by atoms with Crippen molar-refractivity contribution in [2.75, 3.05) is 5.32 Å². The second-order valence-electron chi connectivity index (χ2n) is 7.53. The molecule has 8 nitrogen and oxygen atoms in total. The van der Waals surface area contributed by atoms with Crippen molar-refractivity contribution in [1.82, 2.24) is 35.1 Å². The Kier molecular flexibility index (Phi) is 4.58. The van der Waals surface area contributed by atoms with Crippen LogP contribution in [0.15, 0.2) is 91.8 Å². The third-order valence-electron chi connectivity index (χ3n) is 5.38. The highest BCUT2D eigenvalue weighted by molar-refractivity contribution is 5.88. The van der Waals surface area contributed by atoms with Gasteiger partial charge in [0, 0.05) is 46.3 Å². The fraction of sp³-hybridized carbons (Fsp3) is 0. The maximum atomic E-state index is 4.71. The van der Waals surface area contributed by atoms with Crippen LogP contribution in [0.3, 0.4) is 0 Å². The topological polar surface area (TPSA) is 108 Å². The number of hydrogen-bond donors (Lipinski definition) is 3. The molecule has 33 heavy (non-hydrogen) atoms. The summed E-state index contributed by atoms with van der Waals surface area (Å²) in [6.07, 6.45) is 8.71. The van der Waals surface area contributed by atoms with E-state index in [-0.39, 0.29) is 0 Å². The molecule has 0 aliphatic carbocycles. The van der Waals surface area contributed by atoms with Gasteiger partial charge in [0.15, 0.2) is 5.82 Å². The van der Waals surface area contributed by atoms with E-state index >= 15 is 0 Å². The number of fused-ring (bicyclic) bond motifs is 1. The smallest absolute Gasteiger partial charge is 0.161 e. The summed E-state index contributed by atoms with van der Waals surface area (Å²) in [6, 6.07) is 20.1. The largest absolute Gasteiger partial charge is 0.353 e. The minimum atomic E-state index is 0.648. The van der Waals surface area contributed by atoms with Gasteiger partial charge in [-0.2, -0.15) is 5.10 Å². The Balaban J connectivity index is 1.26. The van der Waals surface area contributed by atoms with Gasteiger partial charge >= 0.3 is 0 Å². The number of hydrogen-bond acceptors (Lipinski definition) is 6. The third kappa shape index (κ3) is 3.81. The summed E-state index contributed by atoms with van der Waals surface area (Å²) in [5.74, 6) is 1.37. The molecule has 0 spiro atoms. The van der Waals surface area contributed by atoms with Crippen molar-refractivity contribution in [2.24, 2.45) is 0 Å². The van der Waals surface area contributed by atoms with Gasteiger partial charge in [-0.15, -0.1) is 0 Å². The fourth-order valence-electron chi connectivity index (χ4n) is 3.72. The Morgan fingerprint density at radius 2 is 1.70 bits per heavy atom. The number of aromatic nitrogens is 7. The number of H-pyrrole nitrogens is 2. The molecule has 0 aliphatic rings. The molecule has 0 bridgehead atoms. The lowest BCUT2D eigenvalue weighted by Crippen LogP contribution is -1.96. The molecule has 3 N–H and O–H groups in total. The highest BCUT2D eigenvalue weighted by Gasteiger charge is 2.09. The number of nitrogens with one attached hydrogen (secondary N) is 3. The van der Waals surface area contributed by atoms with E-state index in [0.717, 1.165) is 50.5 Å². The summed E-state index contributed by atoms with van der Waals surface area (Å²) in [4.78, 5) is 20.9. The first-order valence-corrected chi connectivity index (χ1v) is 10.4. The number of aromatic amines is 2. The zero-order valence-corrected chi connectivity index (χ0v) is 17.4. The molecule has 0 saturated heterocycles. The highest BCUT2D eigenvalue weighted by Crippen LogP contribution is 2.27. The summed E-state index contributed by atoms with van der Waals surface area (Å²) in [7, 11) is 0. The molecule has 0 saturated carbocycles. The Labute approximate surface area is 188 Å². The van der Waals surface area contributed by atoms with Gasteiger partial charge in [-0.05, 0) is 42.0 Å². The lowest BCUT2D eigenvalue weighted by Gasteiger charge is -2.08. The molecule has 6 aromatic rings. The van der Waals surface area contributed by atoms with E-state index in [2.05, 4.69) is 53.6 Å². The molecule has 0 atom stereocenters. The monoisotopic (exact) mass is 430 g/mol. The standard InChI is InChI=1S/C25H18N8/c1-2-18(12-22-17(1)11-23(32-22)21-7-9-26-15-28-21)25-27-10-8-24(33-25)31-20-5-3-16(4-6-20)19-13-29-30-14-19/h1-15,32H,(H,29,30)(H,27,31,33). The van der Waals surface area contributed by atoms with Gasteiger partial charge in [0.25, 0.3) is 0 Å². The van der Waals surface area contributed by atoms with Crippen molar-refractivity contribution >= 4 is 22.4 Å². The van der Waals surface area contributed by atoms with E-state index in [1.54, 1.807) is 24.9 Å². The SMILES string of the molecule is c1cc(-c2cc3ccc(-c4nccc(Nc5ccc(-c6cn[nH]c6)cc5)n4)cc3[nH]2)ncn1. The number of benzene rings is 2. The van der Waals surface area contributed by atoms with E-state index in [1.807, 2.05) is 48.7 Å². The Morgan fingerprint density at radius 1 is 0.788 bits per heavy atom. The number of nitrogens with zero attached hydrogens (tertiary/aromatic N) is 5. The normalized spacial score (nSPS) is 11.0. The molecule has 0 fully saturated rings. The Hall–Kier alpha value is -4.85. The minimum Gasteiger partial charge on any atom is -0.353 e. The highest BCUT2D eigenvalue weighted by atomic mass is 15.1. The van der Waals surface area contributed by atoms with Crippen molar-refractivity contribution < 1.29 is 0 Å². The number of rotatable bonds is 5. The molecular weight excluding hydrogens is 412 g/mol. The van der Waals surface area contributed by atoms with Crippen molar-refractivity contribution in [3.8, 4) is 33.9 Å². The minimum absolute atomic E-state index is 0.648. The fourth-order valence-corrected chi connectivity index (χ4v) is 3.72. The molecular formula is C25H18N8. The number of anilines is 2. The van der Waals surface area contributed by atoms with E-state index in [0.29, 0.717) is 5.82 Å². The van der Waals surface area contributed by atoms with E-state index in [9.17, 15) is 0 Å². The summed E-state index contributed by atoms with van der Waals surface area (Å²) >= 11 is 0. The molecule has 4 aromatic heterocycles. The summed E-state index contributed by atoms with van der Waals surface area (Å²) in [5.41, 5.74) is 6.81. The van der Waals surface area contributed by atoms with Crippen LogP contribution in [0.25, 0.3) is 44.8 Å². The van der Waals surface area contributed by atoms with Gasteiger partial charge < -0.3 is 10.3 Å². The predicted octanol–water partition coefficient (Wildman–Crippen LogP) is 5.22. The molecule has 0 radical (unpaired) electrons. The second kappa shape index (κ2) is 8.01. The molecule has 0 aliphatic heterocycles. The zero-order chi connectivity index (χ0) is 22.0. The van der Waals surface area contributed by atoms with Gasteiger partial charge in [0.05, 0.1) is 17.6 Å². The lowest BCUT2D eigenvalue weighted by molar-refractivity contribution is 1.09. The van der Waals surface area contributed by atoms with Crippen molar-refractivity contribution in [2.45, 2.75) is 0 Å². The van der Waals surface area contributed by atoms with Crippen molar-refractivity contribution in [3.63, 3.8) is 0 Å². The quantitative estimate of drug-likeness (QED) is 0.346. The van der Waals surface area contributed by atoms with E-state index in [1.165, 1.54) is 0 Å². The van der Waals surface area contributed by atoms with Crippen molar-refractivity contribution in [3.05, 3.63) is 91.8 Å². The van der Waals surface area contributed by atoms with Crippen LogP contribution in [0.2, 0.25) is 0 Å². The average molecular weight is 430 g/mol. The molecule has 158 valence electrons. The molecule has 0 amide bonds. The van der Waals surface area contributed by atoms with Crippen LogP contribution in [-0.4, -0.2) is 35.1 Å². The van der Waals surface area contributed by atoms with Crippen molar-refractivity contribution in [1.29, 1.82) is 0 Å². The molecule has 0 unspecified atom stereocenters. The summed E-state index contributed by atoms with van der Waals surface area (Å²) in [5, 5.41) is 11.3. The Bertz CT molecular complexity index is 1520. The summed E-state index contributed by atoms with van der Waals surface area (Å²) in [6.45, 7) is 0. The van der Waals surface area contributed by atoms with Crippen LogP contribution in [0.1, 0.15) is 0 Å². The predicted molar refractivity (Wildman–Crippen MR) is 128 cm³/mol. The van der Waals surface area contributed by atoms with Crippen LogP contribution < -0.4 is 5.32 Å². The second-order valence-corrected chi connectivity index (χ2v) is 7.53. The molecule has 6 rings (SSSR count). The van der Waals surface area contributed by atoms with Gasteiger partial charge in [0.1, 0.15) is 12.1 Å². The molecule has 4 heterocycles. The first kappa shape index (κ1) is 18.9. The van der Waals surface area contributed by atoms with Crippen LogP contribution in [0, 0.1) is 0 Å². The first-order chi connectivity index (χ1) is 16.3. The van der Waals surface area contributed by atoms with Gasteiger partial charge in [-0.3, -0.25) is 5.10 Å². The van der Waals surface area contributed by atoms with Gasteiger partial charge in [-0.25, -0.2) is 19.9 Å². The maximum Gasteiger partial charge on any atom is 0.161 e. The van der Waals surface area contributed by atoms with E-state index < -0.39 is 0 Å². The summed E-state index contributed by atoms with van der Waals surface area (Å²) < 4.78 is 0. The average Bonchev–Trinajstić information content (AvgIpc) is 3.55. The third-order valence-corrected chi connectivity index (χ3v) is 5.38. The zero-order valence-electron chi connectivity index (χ0n) is 17.4. The Morgan fingerprint density at radius 3 is 2.52 bits per heavy atom. The van der Waals surface area contributed by atoms with E-state index in [4.69, 9.17) is 4.98 Å². The molecule has 2 aromatic carbocycles. The first-order valence-electron chi connectivity index (χ1n) is 10.4. The molecule has 8 heteroatoms.